The molecule has 0 saturated carbocycles. The molecule has 0 amide bonds. The monoisotopic (exact) mass is 325 g/mol. The molecule has 1 nitrogen and oxygen atoms in total. The molecule has 0 aromatic heterocycles. The summed E-state index contributed by atoms with van der Waals surface area (Å²) in [7, 11) is 4.55. The van der Waals surface area contributed by atoms with Crippen LogP contribution in [-0.2, 0) is 6.51 Å². The van der Waals surface area contributed by atoms with Gasteiger partial charge in [-0.25, -0.2) is 0 Å². The van der Waals surface area contributed by atoms with E-state index in [2.05, 4.69) is 25.9 Å². The second-order valence-electron chi connectivity index (χ2n) is 11.4. The van der Waals surface area contributed by atoms with E-state index in [1.54, 1.807) is 0 Å². The molecule has 4 heteroatoms. The summed E-state index contributed by atoms with van der Waals surface area (Å²) in [5, 5.41) is 0. The Morgan fingerprint density at radius 1 is 1.00 bits per heavy atom. The van der Waals surface area contributed by atoms with Gasteiger partial charge in [-0.15, -0.1) is 0 Å². The topological polar surface area (TPSA) is 3.24 Å². The van der Waals surface area contributed by atoms with E-state index < -0.39 is 6.51 Å². The molecule has 0 N–H and O–H groups in total. The molecule has 18 heavy (non-hydrogen) atoms. The van der Waals surface area contributed by atoms with Gasteiger partial charge in [0.25, 0.3) is 0 Å². The molecule has 10 rings (SSSR count). The van der Waals surface area contributed by atoms with Crippen LogP contribution >= 0.6 is 23.2 Å². The van der Waals surface area contributed by atoms with Crippen molar-refractivity contribution < 1.29 is 6.51 Å². The molecule has 10 aliphatic rings. The molecule has 10 atom stereocenters. The first-order chi connectivity index (χ1) is 8.18. The summed E-state index contributed by atoms with van der Waals surface area (Å²) in [6.07, 6.45) is 0. The van der Waals surface area contributed by atoms with Crippen LogP contribution in [0.25, 0.3) is 0 Å². The first-order valence-corrected chi connectivity index (χ1v) is 14.3. The number of alkyl halides is 2. The van der Waals surface area contributed by atoms with Gasteiger partial charge in [0.15, 0.2) is 0 Å². The second-order valence-corrected chi connectivity index (χ2v) is 36.1. The summed E-state index contributed by atoms with van der Waals surface area (Å²) in [5.41, 5.74) is 0. The van der Waals surface area contributed by atoms with Gasteiger partial charge in [-0.3, -0.25) is 0 Å². The maximum atomic E-state index is 7.56. The van der Waals surface area contributed by atoms with Crippen LogP contribution in [-0.4, -0.2) is 32.6 Å². The van der Waals surface area contributed by atoms with E-state index in [-0.39, 0.29) is 0 Å². The van der Waals surface area contributed by atoms with Crippen molar-refractivity contribution in [2.45, 2.75) is 58.5 Å². The van der Waals surface area contributed by atoms with E-state index in [0.29, 0.717) is 11.9 Å². The third-order valence-corrected chi connectivity index (χ3v) is 65.7. The Hall–Kier alpha value is 1.06. The Bertz CT molecular complexity index is 1090. The Morgan fingerprint density at radius 2 is 1.61 bits per heavy atom. The summed E-state index contributed by atoms with van der Waals surface area (Å²) in [5.74, 6) is 0. The Labute approximate surface area is 107 Å². The first kappa shape index (κ1) is 7.90. The molecule has 0 aliphatic carbocycles. The van der Waals surface area contributed by atoms with Gasteiger partial charge in [-0.2, -0.15) is 0 Å². The second kappa shape index (κ2) is 0.634. The Balaban J connectivity index is 1.66. The fraction of sp³-hybridized carbons (Fsp3) is 1.00. The molecule has 8 unspecified atom stereocenters. The molecular weight excluding hydrogens is 309 g/mol. The van der Waals surface area contributed by atoms with Gasteiger partial charge < -0.3 is 0 Å². The standard InChI is InChI=1S/C9H13ClN.C5H4Cl.Fe/c1-7(11(2)3)8-5-4-6-9(8)10;6-5-3-1-2-4-5;/h4-7H,1-3H3;1-4H;/t7-;;/m1../s1. The van der Waals surface area contributed by atoms with Gasteiger partial charge in [-0.1, -0.05) is 0 Å². The van der Waals surface area contributed by atoms with Crippen LogP contribution in [0.3, 0.4) is 0 Å². The number of halogens is 2. The van der Waals surface area contributed by atoms with Crippen molar-refractivity contribution in [2.75, 3.05) is 14.1 Å². The molecule has 10 saturated heterocycles. The van der Waals surface area contributed by atoms with Crippen LogP contribution in [0.5, 0.6) is 0 Å². The molecular formula is C14H17Cl2FeN. The van der Waals surface area contributed by atoms with Gasteiger partial charge in [0.2, 0.25) is 0 Å². The van der Waals surface area contributed by atoms with Gasteiger partial charge >= 0.3 is 107 Å². The summed E-state index contributed by atoms with van der Waals surface area (Å²) >= 11 is 15.0. The average Bonchev–Trinajstić information content (AvgIpc) is 3.25. The molecule has 0 bridgehead atoms. The van der Waals surface area contributed by atoms with Crippen LogP contribution in [0.2, 0.25) is 38.0 Å². The fourth-order valence-corrected chi connectivity index (χ4v) is 105. The normalized spacial score (nSPS) is 124. The molecule has 1 spiro atoms. The van der Waals surface area contributed by atoms with Gasteiger partial charge in [0.1, 0.15) is 0 Å². The zero-order chi connectivity index (χ0) is 12.0. The summed E-state index contributed by atoms with van der Waals surface area (Å²) in [6, 6.07) is 0.717. The summed E-state index contributed by atoms with van der Waals surface area (Å²) in [6.45, 7) is -1.04. The average molecular weight is 326 g/mol. The molecule has 0 aromatic carbocycles. The van der Waals surface area contributed by atoms with Crippen molar-refractivity contribution in [3.05, 3.63) is 0 Å². The number of rotatable bonds is 2. The van der Waals surface area contributed by atoms with Crippen molar-refractivity contribution in [1.82, 2.24) is 4.90 Å². The van der Waals surface area contributed by atoms with E-state index >= 15 is 0 Å². The zero-order valence-electron chi connectivity index (χ0n) is 10.7. The number of nitrogens with zero attached hydrogens (tertiary/aromatic N) is 1. The minimum absolute atomic E-state index is 0.354. The summed E-state index contributed by atoms with van der Waals surface area (Å²) in [4.78, 5) is 10.4. The van der Waals surface area contributed by atoms with Crippen molar-refractivity contribution in [1.29, 1.82) is 0 Å². The van der Waals surface area contributed by atoms with Crippen LogP contribution in [0.15, 0.2) is 0 Å². The van der Waals surface area contributed by atoms with E-state index in [4.69, 9.17) is 23.2 Å². The maximum absolute atomic E-state index is 7.56. The Morgan fingerprint density at radius 3 is 1.78 bits per heavy atom. The molecule has 10 heterocycles. The number of fused-ring (bicyclic) bond motifs is 10. The van der Waals surface area contributed by atoms with Crippen LogP contribution in [0.1, 0.15) is 6.92 Å². The van der Waals surface area contributed by atoms with Crippen molar-refractivity contribution in [3.63, 3.8) is 0 Å². The summed E-state index contributed by atoms with van der Waals surface area (Å²) < 4.78 is 1.39. The van der Waals surface area contributed by atoms with Crippen LogP contribution in [0.4, 0.5) is 0 Å². The fourth-order valence-electron chi connectivity index (χ4n) is 18.0. The van der Waals surface area contributed by atoms with E-state index in [1.165, 1.54) is 14.4 Å². The predicted molar refractivity (Wildman–Crippen MR) is 69.3 cm³/mol. The van der Waals surface area contributed by atoms with E-state index in [9.17, 15) is 0 Å². The SMILES string of the molecule is C[C@@H](N(C)C)[C@@]12[CH]3[CH]4[CH]5[C]1(Cl)[Fe]45321678[CH]2[CH]1[CH]6[C]7(Cl)[CH]28. The predicted octanol–water partition coefficient (Wildman–Crippen LogP) is 3.99. The number of hydrogen-bond acceptors (Lipinski definition) is 1. The van der Waals surface area contributed by atoms with Gasteiger partial charge in [0.05, 0.1) is 0 Å². The number of hydrogen-bond donors (Lipinski definition) is 0. The van der Waals surface area contributed by atoms with Crippen LogP contribution < -0.4 is 0 Å². The van der Waals surface area contributed by atoms with E-state index in [1.807, 2.05) is 0 Å². The van der Waals surface area contributed by atoms with Gasteiger partial charge in [0, 0.05) is 0 Å². The van der Waals surface area contributed by atoms with Crippen molar-refractivity contribution in [2.24, 2.45) is 0 Å². The molecule has 100 valence electrons. The van der Waals surface area contributed by atoms with E-state index in [0.717, 1.165) is 25.3 Å². The molecule has 10 fully saturated rings. The first-order valence-electron chi connectivity index (χ1n) is 7.43. The minimum atomic E-state index is -3.53. The van der Waals surface area contributed by atoms with Gasteiger partial charge in [-0.05, 0) is 0 Å². The molecule has 10 aliphatic heterocycles. The van der Waals surface area contributed by atoms with Crippen LogP contribution in [0, 0.1) is 0 Å². The third-order valence-electron chi connectivity index (χ3n) is 16.1. The van der Waals surface area contributed by atoms with Crippen molar-refractivity contribution >= 4 is 23.2 Å². The quantitative estimate of drug-likeness (QED) is 0.548. The molecule has 0 aromatic rings. The third kappa shape index (κ3) is 0.0698. The zero-order valence-corrected chi connectivity index (χ0v) is 13.3. The Kier molecular flexibility index (Phi) is 0.278. The molecule has 0 radical (unpaired) electrons. The van der Waals surface area contributed by atoms with Crippen molar-refractivity contribution in [3.8, 4) is 0 Å².